The van der Waals surface area contributed by atoms with Gasteiger partial charge in [0.1, 0.15) is 34.1 Å². The number of nitrogens with zero attached hydrogens (tertiary/aromatic N) is 2. The summed E-state index contributed by atoms with van der Waals surface area (Å²) in [6.45, 7) is 1.75. The molecule has 43 heavy (non-hydrogen) atoms. The van der Waals surface area contributed by atoms with Crippen molar-refractivity contribution in [2.24, 2.45) is 0 Å². The molecule has 0 aliphatic heterocycles. The van der Waals surface area contributed by atoms with Crippen LogP contribution in [0.4, 0.5) is 13.2 Å². The van der Waals surface area contributed by atoms with Crippen molar-refractivity contribution in [1.29, 1.82) is 0 Å². The van der Waals surface area contributed by atoms with Crippen molar-refractivity contribution < 1.29 is 27.5 Å². The van der Waals surface area contributed by atoms with Gasteiger partial charge in [0.25, 0.3) is 11.8 Å². The fourth-order valence-corrected chi connectivity index (χ4v) is 5.21. The Morgan fingerprint density at radius 3 is 2.30 bits per heavy atom. The highest BCUT2D eigenvalue weighted by atomic mass is 19.1. The maximum absolute atomic E-state index is 16.5. The minimum absolute atomic E-state index is 0.0190. The first-order valence-corrected chi connectivity index (χ1v) is 13.3. The molecule has 3 aromatic carbocycles. The molecule has 0 radical (unpaired) electrons. The van der Waals surface area contributed by atoms with Gasteiger partial charge in [-0.15, -0.1) is 0 Å². The summed E-state index contributed by atoms with van der Waals surface area (Å²) in [7, 11) is 2.85. The molecule has 7 nitrogen and oxygen atoms in total. The lowest BCUT2D eigenvalue weighted by atomic mass is 9.95. The first-order valence-electron chi connectivity index (χ1n) is 13.3. The molecule has 0 spiro atoms. The van der Waals surface area contributed by atoms with Crippen LogP contribution in [0, 0.1) is 24.4 Å². The Balaban J connectivity index is 1.46. The Bertz CT molecular complexity index is 1960. The van der Waals surface area contributed by atoms with Gasteiger partial charge in [-0.1, -0.05) is 24.3 Å². The first-order chi connectivity index (χ1) is 20.7. The highest BCUT2D eigenvalue weighted by molar-refractivity contribution is 6.07. The summed E-state index contributed by atoms with van der Waals surface area (Å²) in [5, 5.41) is 9.88. The number of hydrogen-bond donors (Lipinski definition) is 2. The maximum Gasteiger partial charge on any atom is 0.256 e. The number of carbonyl (C=O) groups excluding carboxylic acids is 2. The standard InChI is InChI=1S/C33H25F3N4O3/c1-18-15-26(43-3)25(31(41)38-33(12-13-33)20-5-4-6-22(35)16-20)17-24(18)23-11-14-40-30(28(23)36)27(32(42)37-2)29(39-40)19-7-9-21(34)10-8-19/h4-17H,1-3H3,(H,37,42)(H,38,41). The summed E-state index contributed by atoms with van der Waals surface area (Å²) in [5.41, 5.74) is 1.40. The predicted molar refractivity (Wildman–Crippen MR) is 155 cm³/mol. The number of hydrogen-bond acceptors (Lipinski definition) is 4. The van der Waals surface area contributed by atoms with Crippen molar-refractivity contribution >= 4 is 17.3 Å². The third-order valence-electron chi connectivity index (χ3n) is 7.51. The van der Waals surface area contributed by atoms with E-state index in [0.717, 1.165) is 0 Å². The molecule has 2 N–H and O–H groups in total. The van der Waals surface area contributed by atoms with Gasteiger partial charge in [-0.3, -0.25) is 9.59 Å². The number of rotatable bonds is 7. The number of nitrogens with one attached hydrogen (secondary N) is 2. The maximum atomic E-state index is 16.5. The number of fused-ring (bicyclic) bond motifs is 1. The van der Waals surface area contributed by atoms with Crippen LogP contribution in [-0.2, 0) is 5.54 Å². The number of methoxy groups -OCH3 is 1. The van der Waals surface area contributed by atoms with Crippen molar-refractivity contribution in [1.82, 2.24) is 20.2 Å². The predicted octanol–water partition coefficient (Wildman–Crippen LogP) is 5.96. The number of amides is 2. The van der Waals surface area contributed by atoms with Crippen LogP contribution in [0.1, 0.15) is 31.8 Å². The molecule has 2 heterocycles. The van der Waals surface area contributed by atoms with Gasteiger partial charge in [0, 0.05) is 24.4 Å². The summed E-state index contributed by atoms with van der Waals surface area (Å²) >= 11 is 0. The molecule has 0 bridgehead atoms. The number of pyridine rings is 1. The molecule has 0 unspecified atom stereocenters. The lowest BCUT2D eigenvalue weighted by molar-refractivity contribution is 0.0931. The SMILES string of the molecule is CNC(=O)c1c(-c2ccc(F)cc2)nn2ccc(-c3cc(C(=O)NC4(c5cccc(F)c5)C=C4)c(OC)cc3C)c(F)c12. The molecule has 0 fully saturated rings. The number of aromatic nitrogens is 2. The summed E-state index contributed by atoms with van der Waals surface area (Å²) in [5.74, 6) is -2.44. The molecule has 2 amide bonds. The van der Waals surface area contributed by atoms with Crippen molar-refractivity contribution in [2.75, 3.05) is 14.2 Å². The fraction of sp³-hybridized carbons (Fsp3) is 0.121. The monoisotopic (exact) mass is 582 g/mol. The minimum atomic E-state index is -0.948. The summed E-state index contributed by atoms with van der Waals surface area (Å²) in [6.07, 6.45) is 5.00. The second-order valence-electron chi connectivity index (χ2n) is 10.2. The van der Waals surface area contributed by atoms with E-state index in [-0.39, 0.29) is 33.7 Å². The van der Waals surface area contributed by atoms with Crippen molar-refractivity contribution in [2.45, 2.75) is 12.5 Å². The smallest absolute Gasteiger partial charge is 0.256 e. The molecular weight excluding hydrogens is 557 g/mol. The molecule has 5 aromatic rings. The average molecular weight is 583 g/mol. The van der Waals surface area contributed by atoms with Gasteiger partial charge in [0.05, 0.1) is 18.2 Å². The van der Waals surface area contributed by atoms with Crippen molar-refractivity contribution in [3.63, 3.8) is 0 Å². The number of benzene rings is 3. The van der Waals surface area contributed by atoms with E-state index in [2.05, 4.69) is 15.7 Å². The Morgan fingerprint density at radius 1 is 0.907 bits per heavy atom. The zero-order valence-corrected chi connectivity index (χ0v) is 23.3. The van der Waals surface area contributed by atoms with E-state index >= 15 is 4.39 Å². The van der Waals surface area contributed by atoms with E-state index in [1.165, 1.54) is 73.4 Å². The van der Waals surface area contributed by atoms with Gasteiger partial charge in [-0.2, -0.15) is 5.10 Å². The second-order valence-corrected chi connectivity index (χ2v) is 10.2. The van der Waals surface area contributed by atoms with Crippen LogP contribution in [0.2, 0.25) is 0 Å². The second kappa shape index (κ2) is 10.5. The Labute approximate surface area is 244 Å². The number of halogens is 3. The Kier molecular flexibility index (Phi) is 6.76. The quantitative estimate of drug-likeness (QED) is 0.232. The first kappa shape index (κ1) is 27.8. The van der Waals surface area contributed by atoms with E-state index in [1.54, 1.807) is 37.3 Å². The van der Waals surface area contributed by atoms with Gasteiger partial charge < -0.3 is 15.4 Å². The third-order valence-corrected chi connectivity index (χ3v) is 7.51. The topological polar surface area (TPSA) is 84.7 Å². The normalized spacial score (nSPS) is 13.2. The van der Waals surface area contributed by atoms with Gasteiger partial charge >= 0.3 is 0 Å². The van der Waals surface area contributed by atoms with Gasteiger partial charge in [0.15, 0.2) is 5.82 Å². The molecule has 216 valence electrons. The van der Waals surface area contributed by atoms with E-state index < -0.39 is 34.8 Å². The largest absolute Gasteiger partial charge is 0.496 e. The molecule has 1 aliphatic rings. The van der Waals surface area contributed by atoms with Crippen LogP contribution >= 0.6 is 0 Å². The zero-order chi connectivity index (χ0) is 30.5. The average Bonchev–Trinajstić information content (AvgIpc) is 3.68. The van der Waals surface area contributed by atoms with E-state index in [1.807, 2.05) is 0 Å². The third kappa shape index (κ3) is 4.80. The Morgan fingerprint density at radius 2 is 1.65 bits per heavy atom. The fourth-order valence-electron chi connectivity index (χ4n) is 5.21. The zero-order valence-electron chi connectivity index (χ0n) is 23.3. The minimum Gasteiger partial charge on any atom is -0.496 e. The highest BCUT2D eigenvalue weighted by Crippen LogP contribution is 2.39. The Hall–Kier alpha value is -5.38. The summed E-state index contributed by atoms with van der Waals surface area (Å²) < 4.78 is 50.7. The lowest BCUT2D eigenvalue weighted by Crippen LogP contribution is -2.36. The van der Waals surface area contributed by atoms with Crippen LogP contribution in [0.5, 0.6) is 5.75 Å². The summed E-state index contributed by atoms with van der Waals surface area (Å²) in [6, 6.07) is 16.0. The molecule has 6 rings (SSSR count). The van der Waals surface area contributed by atoms with Crippen LogP contribution in [0.3, 0.4) is 0 Å². The van der Waals surface area contributed by atoms with Crippen molar-refractivity contribution in [3.8, 4) is 28.1 Å². The molecular formula is C33H25F3N4O3. The molecule has 0 saturated carbocycles. The van der Waals surface area contributed by atoms with E-state index in [4.69, 9.17) is 4.74 Å². The van der Waals surface area contributed by atoms with Gasteiger partial charge in [0.2, 0.25) is 0 Å². The van der Waals surface area contributed by atoms with Gasteiger partial charge in [-0.05, 0) is 78.2 Å². The van der Waals surface area contributed by atoms with Crippen LogP contribution < -0.4 is 15.4 Å². The van der Waals surface area contributed by atoms with Crippen LogP contribution in [0.15, 0.2) is 85.1 Å². The molecule has 0 atom stereocenters. The van der Waals surface area contributed by atoms with Crippen LogP contribution in [-0.4, -0.2) is 35.6 Å². The molecule has 10 heteroatoms. The molecule has 0 saturated heterocycles. The number of ether oxygens (including phenoxy) is 1. The highest BCUT2D eigenvalue weighted by Gasteiger charge is 2.39. The van der Waals surface area contributed by atoms with E-state index in [9.17, 15) is 18.4 Å². The van der Waals surface area contributed by atoms with Gasteiger partial charge in [-0.25, -0.2) is 17.7 Å². The van der Waals surface area contributed by atoms with Crippen LogP contribution in [0.25, 0.3) is 27.9 Å². The number of carbonyl (C=O) groups is 2. The number of aryl methyl sites for hydroxylation is 1. The lowest BCUT2D eigenvalue weighted by Gasteiger charge is -2.21. The summed E-state index contributed by atoms with van der Waals surface area (Å²) in [4.78, 5) is 26.6. The molecule has 2 aromatic heterocycles. The van der Waals surface area contributed by atoms with Crippen molar-refractivity contribution in [3.05, 3.63) is 125 Å². The molecule has 1 aliphatic carbocycles. The van der Waals surface area contributed by atoms with E-state index in [0.29, 0.717) is 22.3 Å².